The van der Waals surface area contributed by atoms with Crippen LogP contribution in [0.5, 0.6) is 0 Å². The van der Waals surface area contributed by atoms with Crippen molar-refractivity contribution in [3.8, 4) is 0 Å². The lowest BCUT2D eigenvalue weighted by molar-refractivity contribution is -0.901. The van der Waals surface area contributed by atoms with Gasteiger partial charge in [0.2, 0.25) is 0 Å². The van der Waals surface area contributed by atoms with Crippen molar-refractivity contribution in [1.82, 2.24) is 9.80 Å². The highest BCUT2D eigenvalue weighted by Crippen LogP contribution is 2.18. The third-order valence-corrected chi connectivity index (χ3v) is 4.64. The number of hydrogen-bond acceptors (Lipinski definition) is 3. The molecule has 27 heavy (non-hydrogen) atoms. The molecule has 0 aromatic heterocycles. The first-order chi connectivity index (χ1) is 12.9. The van der Waals surface area contributed by atoms with Gasteiger partial charge in [-0.1, -0.05) is 48.0 Å². The Balaban J connectivity index is 1.70. The summed E-state index contributed by atoms with van der Waals surface area (Å²) in [6.07, 6.45) is 0. The maximum atomic E-state index is 13.9. The Morgan fingerprint density at radius 1 is 0.963 bits per heavy atom. The van der Waals surface area contributed by atoms with Gasteiger partial charge in [0.05, 0.1) is 24.2 Å². The number of carbonyl (C=O) groups is 3. The third kappa shape index (κ3) is 3.99. The van der Waals surface area contributed by atoms with Crippen molar-refractivity contribution < 1.29 is 23.7 Å². The molecule has 0 bridgehead atoms. The average molecular weight is 391 g/mol. The quantitative estimate of drug-likeness (QED) is 0.599. The number of carbonyl (C=O) groups excluding carboxylic acids is 3. The number of quaternary nitrogens is 1. The van der Waals surface area contributed by atoms with Gasteiger partial charge in [0.25, 0.3) is 0 Å². The van der Waals surface area contributed by atoms with Gasteiger partial charge in [-0.15, -0.1) is 0 Å². The van der Waals surface area contributed by atoms with Crippen LogP contribution in [0.1, 0.15) is 11.1 Å². The largest absolute Gasteiger partial charge is 0.339 e. The smallest absolute Gasteiger partial charge is 0.316 e. The molecule has 0 radical (unpaired) electrons. The topological polar surface area (TPSA) is 62.1 Å². The molecule has 1 unspecified atom stereocenters. The third-order valence-electron chi connectivity index (χ3n) is 4.29. The zero-order valence-electron chi connectivity index (χ0n) is 14.6. The van der Waals surface area contributed by atoms with Crippen LogP contribution in [-0.2, 0) is 22.7 Å². The van der Waals surface area contributed by atoms with Crippen LogP contribution in [0.2, 0.25) is 5.02 Å². The van der Waals surface area contributed by atoms with Crippen molar-refractivity contribution in [2.24, 2.45) is 0 Å². The van der Waals surface area contributed by atoms with E-state index in [1.54, 1.807) is 37.4 Å². The molecule has 0 saturated carbocycles. The van der Waals surface area contributed by atoms with Crippen LogP contribution in [-0.4, -0.2) is 41.4 Å². The van der Waals surface area contributed by atoms with Crippen LogP contribution in [0.15, 0.2) is 48.5 Å². The van der Waals surface area contributed by atoms with E-state index in [0.717, 1.165) is 15.4 Å². The molecule has 1 fully saturated rings. The molecule has 3 rings (SSSR count). The van der Waals surface area contributed by atoms with E-state index in [2.05, 4.69) is 0 Å². The maximum Gasteiger partial charge on any atom is 0.339 e. The highest BCUT2D eigenvalue weighted by Gasteiger charge is 2.45. The summed E-state index contributed by atoms with van der Waals surface area (Å²) in [5.74, 6) is -2.20. The molecule has 140 valence electrons. The van der Waals surface area contributed by atoms with Gasteiger partial charge in [-0.2, -0.15) is 0 Å². The molecule has 1 heterocycles. The van der Waals surface area contributed by atoms with E-state index in [-0.39, 0.29) is 24.8 Å². The highest BCUT2D eigenvalue weighted by molar-refractivity contribution is 6.44. The zero-order valence-corrected chi connectivity index (χ0v) is 15.4. The Hall–Kier alpha value is -2.77. The van der Waals surface area contributed by atoms with Crippen molar-refractivity contribution >= 4 is 29.4 Å². The number of nitrogens with one attached hydrogen (secondary N) is 1. The number of nitrogens with zero attached hydrogens (tertiary/aromatic N) is 2. The predicted molar refractivity (Wildman–Crippen MR) is 96.1 cm³/mol. The minimum atomic E-state index is -0.880. The Morgan fingerprint density at radius 2 is 1.63 bits per heavy atom. The maximum absolute atomic E-state index is 13.9. The van der Waals surface area contributed by atoms with Gasteiger partial charge in [-0.3, -0.25) is 14.5 Å². The second-order valence-corrected chi connectivity index (χ2v) is 6.79. The van der Waals surface area contributed by atoms with E-state index in [1.165, 1.54) is 12.1 Å². The number of amides is 4. The fraction of sp³-hybridized carbons (Fsp3) is 0.211. The molecular weight excluding hydrogens is 373 g/mol. The Kier molecular flexibility index (Phi) is 5.53. The summed E-state index contributed by atoms with van der Waals surface area (Å²) in [7, 11) is 1.69. The fourth-order valence-electron chi connectivity index (χ4n) is 2.92. The van der Waals surface area contributed by atoms with E-state index >= 15 is 0 Å². The van der Waals surface area contributed by atoms with Gasteiger partial charge in [-0.25, -0.2) is 14.1 Å². The SMILES string of the molecule is C[NH+](Cc1c(F)cccc1Cl)CN1C(=O)C(=O)N(Cc2ccccc2)C1=O. The first-order valence-electron chi connectivity index (χ1n) is 8.34. The van der Waals surface area contributed by atoms with Crippen molar-refractivity contribution in [2.75, 3.05) is 13.7 Å². The molecule has 2 aromatic carbocycles. The van der Waals surface area contributed by atoms with Crippen molar-refractivity contribution in [1.29, 1.82) is 0 Å². The Bertz CT molecular complexity index is 871. The van der Waals surface area contributed by atoms with Crippen molar-refractivity contribution in [3.63, 3.8) is 0 Å². The normalized spacial score (nSPS) is 15.6. The van der Waals surface area contributed by atoms with E-state index in [4.69, 9.17) is 11.6 Å². The van der Waals surface area contributed by atoms with E-state index in [9.17, 15) is 18.8 Å². The lowest BCUT2D eigenvalue weighted by Crippen LogP contribution is -3.09. The first kappa shape index (κ1) is 19.0. The molecule has 1 aliphatic heterocycles. The molecule has 6 nitrogen and oxygen atoms in total. The van der Waals surface area contributed by atoms with Crippen LogP contribution >= 0.6 is 11.6 Å². The summed E-state index contributed by atoms with van der Waals surface area (Å²) >= 11 is 6.02. The van der Waals surface area contributed by atoms with Gasteiger partial charge in [-0.05, 0) is 17.7 Å². The van der Waals surface area contributed by atoms with E-state index in [0.29, 0.717) is 10.5 Å². The monoisotopic (exact) mass is 390 g/mol. The molecular formula is C19H18ClFN3O3+. The van der Waals surface area contributed by atoms with Crippen molar-refractivity contribution in [3.05, 3.63) is 70.5 Å². The highest BCUT2D eigenvalue weighted by atomic mass is 35.5. The van der Waals surface area contributed by atoms with Crippen LogP contribution < -0.4 is 4.90 Å². The summed E-state index contributed by atoms with van der Waals surface area (Å²) in [6.45, 7) is 0.119. The number of hydrogen-bond donors (Lipinski definition) is 1. The average Bonchev–Trinajstić information content (AvgIpc) is 2.84. The van der Waals surface area contributed by atoms with Gasteiger partial charge in [0.15, 0.2) is 6.67 Å². The molecule has 2 aromatic rings. The summed E-state index contributed by atoms with van der Waals surface area (Å²) in [5.41, 5.74) is 1.04. The standard InChI is InChI=1S/C19H17ClFN3O3/c1-22(11-14-15(20)8-5-9-16(14)21)12-24-18(26)17(25)23(19(24)27)10-13-6-3-2-4-7-13/h2-9H,10-12H2,1H3/p+1. The molecule has 0 spiro atoms. The first-order valence-corrected chi connectivity index (χ1v) is 8.71. The second kappa shape index (κ2) is 7.85. The van der Waals surface area contributed by atoms with Gasteiger partial charge >= 0.3 is 17.8 Å². The number of urea groups is 1. The van der Waals surface area contributed by atoms with Crippen LogP contribution in [0, 0.1) is 5.82 Å². The summed E-state index contributed by atoms with van der Waals surface area (Å²) in [4.78, 5) is 39.4. The Morgan fingerprint density at radius 3 is 2.30 bits per heavy atom. The lowest BCUT2D eigenvalue weighted by Gasteiger charge is -2.20. The van der Waals surface area contributed by atoms with Crippen molar-refractivity contribution in [2.45, 2.75) is 13.1 Å². The summed E-state index contributed by atoms with van der Waals surface area (Å²) in [5, 5.41) is 0.273. The molecule has 4 amide bonds. The zero-order chi connectivity index (χ0) is 19.6. The van der Waals surface area contributed by atoms with Crippen LogP contribution in [0.25, 0.3) is 0 Å². The Labute approximate surface area is 160 Å². The molecule has 1 saturated heterocycles. The minimum Gasteiger partial charge on any atom is -0.316 e. The van der Waals surface area contributed by atoms with Crippen LogP contribution in [0.3, 0.4) is 0 Å². The number of rotatable bonds is 6. The molecule has 1 N–H and O–H groups in total. The molecule has 8 heteroatoms. The number of halogens is 2. The second-order valence-electron chi connectivity index (χ2n) is 6.38. The van der Waals surface area contributed by atoms with Gasteiger partial charge < -0.3 is 4.90 Å². The lowest BCUT2D eigenvalue weighted by atomic mass is 10.2. The van der Waals surface area contributed by atoms with E-state index < -0.39 is 23.7 Å². The summed E-state index contributed by atoms with van der Waals surface area (Å²) < 4.78 is 13.9. The molecule has 0 aliphatic carbocycles. The van der Waals surface area contributed by atoms with Crippen LogP contribution in [0.4, 0.5) is 9.18 Å². The number of imide groups is 2. The minimum absolute atomic E-state index is 0.0267. The summed E-state index contributed by atoms with van der Waals surface area (Å²) in [6, 6.07) is 12.6. The fourth-order valence-corrected chi connectivity index (χ4v) is 3.15. The van der Waals surface area contributed by atoms with Gasteiger partial charge in [0, 0.05) is 0 Å². The van der Waals surface area contributed by atoms with Gasteiger partial charge in [0.1, 0.15) is 12.4 Å². The molecule has 1 atom stereocenters. The predicted octanol–water partition coefficient (Wildman–Crippen LogP) is 1.44. The molecule has 1 aliphatic rings. The number of benzene rings is 2. The van der Waals surface area contributed by atoms with E-state index in [1.807, 2.05) is 6.07 Å².